The lowest BCUT2D eigenvalue weighted by molar-refractivity contribution is -0.301. The molecule has 0 radical (unpaired) electrons. The molecule has 0 aromatic heterocycles. The lowest BCUT2D eigenvalue weighted by Crippen LogP contribution is -2.59. The lowest BCUT2D eigenvalue weighted by atomic mass is 9.99. The van der Waals surface area contributed by atoms with Crippen molar-refractivity contribution in [2.45, 2.75) is 115 Å². The Labute approximate surface area is 210 Å². The number of nitrogens with one attached hydrogen (secondary N) is 2. The van der Waals surface area contributed by atoms with Crippen molar-refractivity contribution in [1.82, 2.24) is 10.6 Å². The van der Waals surface area contributed by atoms with Gasteiger partial charge in [-0.15, -0.1) is 0 Å². The Morgan fingerprint density at radius 2 is 1.66 bits per heavy atom. The van der Waals surface area contributed by atoms with E-state index < -0.39 is 37.3 Å². The fraction of sp³-hybridized carbons (Fsp3) is 0.808. The molecule has 1 aliphatic heterocycles. The quantitative estimate of drug-likeness (QED) is 0.138. The van der Waals surface area contributed by atoms with Gasteiger partial charge in [-0.2, -0.15) is 0 Å². The highest BCUT2D eigenvalue weighted by atomic mass is 16.7. The normalized spacial score (nSPS) is 25.1. The number of allylic oxidation sites excluding steroid dienone is 2. The van der Waals surface area contributed by atoms with E-state index in [9.17, 15) is 25.2 Å². The monoisotopic (exact) mass is 500 g/mol. The summed E-state index contributed by atoms with van der Waals surface area (Å²) in [4.78, 5) is 11.9. The van der Waals surface area contributed by atoms with Crippen LogP contribution in [-0.2, 0) is 14.3 Å². The smallest absolute Gasteiger partial charge is 0.186 e. The van der Waals surface area contributed by atoms with E-state index in [0.29, 0.717) is 13.0 Å². The van der Waals surface area contributed by atoms with Gasteiger partial charge in [-0.3, -0.25) is 4.79 Å². The highest BCUT2D eigenvalue weighted by molar-refractivity contribution is 5.81. The second-order valence-electron chi connectivity index (χ2n) is 9.42. The third-order valence-electron chi connectivity index (χ3n) is 6.25. The number of aliphatic hydroxyl groups is 4. The lowest BCUT2D eigenvalue weighted by Gasteiger charge is -2.39. The Hall–Kier alpha value is -1.49. The fourth-order valence-electron chi connectivity index (χ4n) is 3.96. The van der Waals surface area contributed by atoms with Gasteiger partial charge in [-0.1, -0.05) is 32.9 Å². The first-order valence-corrected chi connectivity index (χ1v) is 13.0. The average molecular weight is 501 g/mol. The number of unbranched alkanes of at least 4 members (excludes halogenated alkanes) is 4. The predicted molar refractivity (Wildman–Crippen MR) is 135 cm³/mol. The second kappa shape index (κ2) is 17.9. The molecule has 9 heteroatoms. The number of hydrogen-bond donors (Lipinski definition) is 6. The van der Waals surface area contributed by atoms with Crippen molar-refractivity contribution in [2.75, 3.05) is 19.8 Å². The van der Waals surface area contributed by atoms with Gasteiger partial charge in [-0.05, 0) is 58.3 Å². The zero-order valence-electron chi connectivity index (χ0n) is 21.6. The van der Waals surface area contributed by atoms with Crippen LogP contribution in [-0.4, -0.2) is 82.7 Å². The summed E-state index contributed by atoms with van der Waals surface area (Å²) in [7, 11) is 0. The second-order valence-corrected chi connectivity index (χ2v) is 9.42. The number of aliphatic hydroxyl groups excluding tert-OH is 4. The topological polar surface area (TPSA) is 141 Å². The van der Waals surface area contributed by atoms with Crippen molar-refractivity contribution < 1.29 is 34.7 Å². The van der Waals surface area contributed by atoms with Gasteiger partial charge in [-0.25, -0.2) is 0 Å². The fourth-order valence-corrected chi connectivity index (χ4v) is 3.96. The first kappa shape index (κ1) is 31.5. The SMILES string of the molecule is C=C(CCCCOC1OC(CO)C(O)C(O)C1O)NCCCCC(NC(=C)CCCCC)C(C)=O. The minimum absolute atomic E-state index is 0.143. The molecule has 0 amide bonds. The first-order valence-electron chi connectivity index (χ1n) is 13.0. The summed E-state index contributed by atoms with van der Waals surface area (Å²) in [6.07, 6.45) is 3.03. The van der Waals surface area contributed by atoms with Crippen LogP contribution >= 0.6 is 0 Å². The largest absolute Gasteiger partial charge is 0.394 e. The van der Waals surface area contributed by atoms with Crippen molar-refractivity contribution in [3.63, 3.8) is 0 Å². The minimum Gasteiger partial charge on any atom is -0.394 e. The summed E-state index contributed by atoms with van der Waals surface area (Å²) >= 11 is 0. The molecule has 0 bridgehead atoms. The van der Waals surface area contributed by atoms with E-state index in [1.165, 1.54) is 6.42 Å². The molecule has 1 saturated heterocycles. The molecule has 0 aliphatic carbocycles. The van der Waals surface area contributed by atoms with Crippen LogP contribution in [0.25, 0.3) is 0 Å². The van der Waals surface area contributed by atoms with E-state index in [4.69, 9.17) is 9.47 Å². The highest BCUT2D eigenvalue weighted by Crippen LogP contribution is 2.22. The molecule has 1 fully saturated rings. The molecule has 35 heavy (non-hydrogen) atoms. The van der Waals surface area contributed by atoms with Gasteiger partial charge in [0.1, 0.15) is 24.4 Å². The maximum Gasteiger partial charge on any atom is 0.186 e. The van der Waals surface area contributed by atoms with E-state index in [2.05, 4.69) is 30.7 Å². The molecule has 9 nitrogen and oxygen atoms in total. The van der Waals surface area contributed by atoms with Gasteiger partial charge in [0.15, 0.2) is 12.1 Å². The van der Waals surface area contributed by atoms with Crippen LogP contribution in [0.5, 0.6) is 0 Å². The van der Waals surface area contributed by atoms with E-state index in [0.717, 1.165) is 69.3 Å². The number of carbonyl (C=O) groups excluding carboxylic acids is 1. The Bertz CT molecular complexity index is 629. The van der Waals surface area contributed by atoms with Gasteiger partial charge < -0.3 is 40.5 Å². The van der Waals surface area contributed by atoms with Gasteiger partial charge in [0.2, 0.25) is 0 Å². The summed E-state index contributed by atoms with van der Waals surface area (Å²) in [6.45, 7) is 12.5. The molecule has 0 saturated carbocycles. The molecule has 0 aromatic rings. The highest BCUT2D eigenvalue weighted by Gasteiger charge is 2.43. The van der Waals surface area contributed by atoms with E-state index in [-0.39, 0.29) is 11.8 Å². The molecule has 6 atom stereocenters. The molecule has 204 valence electrons. The molecular formula is C26H48N2O7. The van der Waals surface area contributed by atoms with Crippen LogP contribution in [0.3, 0.4) is 0 Å². The van der Waals surface area contributed by atoms with Crippen molar-refractivity contribution >= 4 is 5.78 Å². The molecule has 1 rings (SSSR count). The summed E-state index contributed by atoms with van der Waals surface area (Å²) in [6, 6.07) is -0.170. The third-order valence-corrected chi connectivity index (χ3v) is 6.25. The molecule has 1 heterocycles. The summed E-state index contributed by atoms with van der Waals surface area (Å²) in [5, 5.41) is 45.4. The van der Waals surface area contributed by atoms with Crippen LogP contribution in [0.15, 0.2) is 24.6 Å². The molecule has 6 N–H and O–H groups in total. The minimum atomic E-state index is -1.43. The maximum atomic E-state index is 11.9. The zero-order valence-corrected chi connectivity index (χ0v) is 21.6. The average Bonchev–Trinajstić information content (AvgIpc) is 2.82. The number of rotatable bonds is 20. The number of ether oxygens (including phenoxy) is 2. The van der Waals surface area contributed by atoms with Gasteiger partial charge in [0, 0.05) is 24.5 Å². The zero-order chi connectivity index (χ0) is 26.2. The maximum absolute atomic E-state index is 11.9. The van der Waals surface area contributed by atoms with Crippen LogP contribution in [0.2, 0.25) is 0 Å². The number of carbonyl (C=O) groups is 1. The molecule has 0 spiro atoms. The van der Waals surface area contributed by atoms with Gasteiger partial charge >= 0.3 is 0 Å². The number of Topliss-reactive ketones (excluding diaryl/α,β-unsaturated/α-hetero) is 1. The summed E-state index contributed by atoms with van der Waals surface area (Å²) in [5.74, 6) is 0.143. The van der Waals surface area contributed by atoms with Crippen LogP contribution in [0.4, 0.5) is 0 Å². The number of ketones is 1. The van der Waals surface area contributed by atoms with Crippen LogP contribution in [0.1, 0.15) is 78.1 Å². The molecule has 0 aromatic carbocycles. The Kier molecular flexibility index (Phi) is 16.1. The predicted octanol–water partition coefficient (Wildman–Crippen LogP) is 1.89. The molecule has 1 aliphatic rings. The summed E-state index contributed by atoms with van der Waals surface area (Å²) < 4.78 is 10.8. The summed E-state index contributed by atoms with van der Waals surface area (Å²) in [5.41, 5.74) is 1.88. The molecular weight excluding hydrogens is 452 g/mol. The first-order chi connectivity index (χ1) is 16.7. The van der Waals surface area contributed by atoms with Crippen molar-refractivity contribution in [1.29, 1.82) is 0 Å². The van der Waals surface area contributed by atoms with Crippen LogP contribution < -0.4 is 10.6 Å². The van der Waals surface area contributed by atoms with Crippen molar-refractivity contribution in [3.8, 4) is 0 Å². The van der Waals surface area contributed by atoms with E-state index in [1.54, 1.807) is 6.92 Å². The van der Waals surface area contributed by atoms with Gasteiger partial charge in [0.25, 0.3) is 0 Å². The Morgan fingerprint density at radius 3 is 2.31 bits per heavy atom. The van der Waals surface area contributed by atoms with E-state index >= 15 is 0 Å². The standard InChI is InChI=1S/C26H48N2O7/c1-5-6-7-13-19(3)28-21(20(4)30)14-8-10-15-27-18(2)12-9-11-16-34-26-25(33)24(32)23(31)22(17-29)35-26/h21-29,31-33H,2-3,5-17H2,1,4H3. The van der Waals surface area contributed by atoms with Crippen molar-refractivity contribution in [2.24, 2.45) is 0 Å². The van der Waals surface area contributed by atoms with E-state index in [1.807, 2.05) is 0 Å². The van der Waals surface area contributed by atoms with Crippen molar-refractivity contribution in [3.05, 3.63) is 24.6 Å². The molecule has 6 unspecified atom stereocenters. The Morgan fingerprint density at radius 1 is 0.971 bits per heavy atom. The van der Waals surface area contributed by atoms with Gasteiger partial charge in [0.05, 0.1) is 12.6 Å². The van der Waals surface area contributed by atoms with Crippen LogP contribution in [0, 0.1) is 0 Å². The Balaban J connectivity index is 2.13. The number of hydrogen-bond acceptors (Lipinski definition) is 9. The third kappa shape index (κ3) is 12.3.